The van der Waals surface area contributed by atoms with E-state index in [9.17, 15) is 0 Å². The summed E-state index contributed by atoms with van der Waals surface area (Å²) in [6.07, 6.45) is 1.23. The van der Waals surface area contributed by atoms with Crippen LogP contribution in [0.15, 0.2) is 42.5 Å². The molecule has 3 rings (SSSR count). The first kappa shape index (κ1) is 20.2. The summed E-state index contributed by atoms with van der Waals surface area (Å²) >= 11 is 0. The van der Waals surface area contributed by atoms with Crippen LogP contribution in [0.2, 0.25) is 0 Å². The van der Waals surface area contributed by atoms with Crippen molar-refractivity contribution in [3.8, 4) is 0 Å². The van der Waals surface area contributed by atoms with E-state index in [1.807, 2.05) is 0 Å². The highest BCUT2D eigenvalue weighted by atomic mass is 35.5. The third kappa shape index (κ3) is 4.84. The van der Waals surface area contributed by atoms with Gasteiger partial charge in [0.05, 0.1) is 0 Å². The molecule has 0 unspecified atom stereocenters. The van der Waals surface area contributed by atoms with Crippen LogP contribution in [0, 0.1) is 5.92 Å². The standard InChI is InChI=1S/C19H26N2.2ClH/c1-15(2)14-19(21-12-10-20-11-13-21)18-9-5-7-16-6-3-4-8-17(16)18;;/h3-9,15,19-20H,10-14H2,1-2H3;2*1H/t19-;;/m1../s1. The Bertz CT molecular complexity index is 589. The lowest BCUT2D eigenvalue weighted by molar-refractivity contribution is 0.155. The minimum Gasteiger partial charge on any atom is -0.314 e. The maximum Gasteiger partial charge on any atom is 0.0357 e. The van der Waals surface area contributed by atoms with Gasteiger partial charge in [-0.25, -0.2) is 0 Å². The van der Waals surface area contributed by atoms with Crippen LogP contribution in [0.3, 0.4) is 0 Å². The third-order valence-electron chi connectivity index (χ3n) is 4.47. The fraction of sp³-hybridized carbons (Fsp3) is 0.474. The minimum absolute atomic E-state index is 0. The highest BCUT2D eigenvalue weighted by molar-refractivity contribution is 5.86. The first-order valence-electron chi connectivity index (χ1n) is 8.18. The Morgan fingerprint density at radius 1 is 0.957 bits per heavy atom. The molecular formula is C19H28Cl2N2. The number of nitrogens with one attached hydrogen (secondary N) is 1. The highest BCUT2D eigenvalue weighted by Gasteiger charge is 2.24. The van der Waals surface area contributed by atoms with E-state index in [4.69, 9.17) is 0 Å². The van der Waals surface area contributed by atoms with Crippen molar-refractivity contribution in [1.82, 2.24) is 10.2 Å². The van der Waals surface area contributed by atoms with Crippen molar-refractivity contribution < 1.29 is 0 Å². The van der Waals surface area contributed by atoms with Gasteiger partial charge in [-0.1, -0.05) is 56.3 Å². The smallest absolute Gasteiger partial charge is 0.0357 e. The molecule has 1 atom stereocenters. The van der Waals surface area contributed by atoms with Crippen molar-refractivity contribution in [3.05, 3.63) is 48.0 Å². The molecule has 2 nitrogen and oxygen atoms in total. The fourth-order valence-electron chi connectivity index (χ4n) is 3.45. The third-order valence-corrected chi connectivity index (χ3v) is 4.47. The second-order valence-corrected chi connectivity index (χ2v) is 6.50. The van der Waals surface area contributed by atoms with E-state index in [0.717, 1.165) is 26.2 Å². The summed E-state index contributed by atoms with van der Waals surface area (Å²) in [6.45, 7) is 9.20. The van der Waals surface area contributed by atoms with Gasteiger partial charge in [0.25, 0.3) is 0 Å². The first-order chi connectivity index (χ1) is 10.3. The fourth-order valence-corrected chi connectivity index (χ4v) is 3.45. The number of hydrogen-bond acceptors (Lipinski definition) is 2. The van der Waals surface area contributed by atoms with Crippen LogP contribution in [0.25, 0.3) is 10.8 Å². The van der Waals surface area contributed by atoms with Crippen molar-refractivity contribution in [1.29, 1.82) is 0 Å². The summed E-state index contributed by atoms with van der Waals surface area (Å²) < 4.78 is 0. The number of hydrogen-bond donors (Lipinski definition) is 1. The zero-order valence-corrected chi connectivity index (χ0v) is 15.6. The lowest BCUT2D eigenvalue weighted by Crippen LogP contribution is -2.45. The molecule has 1 N–H and O–H groups in total. The van der Waals surface area contributed by atoms with Gasteiger partial charge in [0.15, 0.2) is 0 Å². The predicted octanol–water partition coefficient (Wildman–Crippen LogP) is 4.68. The summed E-state index contributed by atoms with van der Waals surface area (Å²) in [4.78, 5) is 2.66. The molecule has 0 spiro atoms. The largest absolute Gasteiger partial charge is 0.314 e. The number of fused-ring (bicyclic) bond motifs is 1. The van der Waals surface area contributed by atoms with E-state index in [1.165, 1.54) is 22.8 Å². The van der Waals surface area contributed by atoms with E-state index < -0.39 is 0 Å². The van der Waals surface area contributed by atoms with E-state index >= 15 is 0 Å². The summed E-state index contributed by atoms with van der Waals surface area (Å²) in [5, 5.41) is 6.25. The second kappa shape index (κ2) is 9.48. The first-order valence-corrected chi connectivity index (χ1v) is 8.18. The maximum atomic E-state index is 3.47. The van der Waals surface area contributed by atoms with Gasteiger partial charge in [0.2, 0.25) is 0 Å². The molecule has 2 aromatic rings. The quantitative estimate of drug-likeness (QED) is 0.857. The van der Waals surface area contributed by atoms with Gasteiger partial charge in [0.1, 0.15) is 0 Å². The molecule has 2 aromatic carbocycles. The SMILES string of the molecule is CC(C)C[C@H](c1cccc2ccccc12)N1CCNCC1.Cl.Cl. The van der Waals surface area contributed by atoms with Crippen molar-refractivity contribution in [3.63, 3.8) is 0 Å². The molecule has 1 aliphatic heterocycles. The van der Waals surface area contributed by atoms with E-state index in [2.05, 4.69) is 66.5 Å². The Balaban J connectivity index is 0.00000132. The summed E-state index contributed by atoms with van der Waals surface area (Å²) in [5.74, 6) is 0.712. The van der Waals surface area contributed by atoms with Gasteiger partial charge in [-0.15, -0.1) is 24.8 Å². The van der Waals surface area contributed by atoms with Crippen LogP contribution in [0.4, 0.5) is 0 Å². The molecule has 1 fully saturated rings. The van der Waals surface area contributed by atoms with Crippen LogP contribution < -0.4 is 5.32 Å². The Morgan fingerprint density at radius 2 is 1.61 bits per heavy atom. The van der Waals surface area contributed by atoms with Gasteiger partial charge in [-0.3, -0.25) is 4.90 Å². The lowest BCUT2D eigenvalue weighted by Gasteiger charge is -2.36. The van der Waals surface area contributed by atoms with Crippen molar-refractivity contribution >= 4 is 35.6 Å². The normalized spacial score (nSPS) is 16.7. The molecule has 0 amide bonds. The molecule has 1 aliphatic rings. The second-order valence-electron chi connectivity index (χ2n) is 6.50. The number of piperazine rings is 1. The zero-order chi connectivity index (χ0) is 14.7. The Hall–Kier alpha value is -0.800. The molecule has 0 saturated carbocycles. The molecule has 23 heavy (non-hydrogen) atoms. The van der Waals surface area contributed by atoms with Crippen LogP contribution in [0.5, 0.6) is 0 Å². The Morgan fingerprint density at radius 3 is 2.30 bits per heavy atom. The van der Waals surface area contributed by atoms with E-state index in [0.29, 0.717) is 12.0 Å². The van der Waals surface area contributed by atoms with Crippen LogP contribution >= 0.6 is 24.8 Å². The van der Waals surface area contributed by atoms with E-state index in [1.54, 1.807) is 0 Å². The zero-order valence-electron chi connectivity index (χ0n) is 14.0. The van der Waals surface area contributed by atoms with Gasteiger partial charge in [-0.2, -0.15) is 0 Å². The van der Waals surface area contributed by atoms with Gasteiger partial charge in [-0.05, 0) is 28.7 Å². The highest BCUT2D eigenvalue weighted by Crippen LogP contribution is 2.33. The average Bonchev–Trinajstić information content (AvgIpc) is 2.53. The number of nitrogens with zero attached hydrogens (tertiary/aromatic N) is 1. The number of halogens is 2. The summed E-state index contributed by atoms with van der Waals surface area (Å²) in [5.41, 5.74) is 1.50. The predicted molar refractivity (Wildman–Crippen MR) is 105 cm³/mol. The van der Waals surface area contributed by atoms with Crippen LogP contribution in [-0.4, -0.2) is 31.1 Å². The van der Waals surface area contributed by atoms with Crippen molar-refractivity contribution in [2.24, 2.45) is 5.92 Å². The summed E-state index contributed by atoms with van der Waals surface area (Å²) in [7, 11) is 0. The van der Waals surface area contributed by atoms with Gasteiger partial charge < -0.3 is 5.32 Å². The topological polar surface area (TPSA) is 15.3 Å². The number of rotatable bonds is 4. The van der Waals surface area contributed by atoms with Crippen LogP contribution in [-0.2, 0) is 0 Å². The van der Waals surface area contributed by atoms with Gasteiger partial charge >= 0.3 is 0 Å². The van der Waals surface area contributed by atoms with Gasteiger partial charge in [0, 0.05) is 32.2 Å². The Labute approximate surface area is 152 Å². The van der Waals surface area contributed by atoms with Crippen molar-refractivity contribution in [2.45, 2.75) is 26.3 Å². The number of benzene rings is 2. The molecule has 0 aromatic heterocycles. The minimum atomic E-state index is 0. The summed E-state index contributed by atoms with van der Waals surface area (Å²) in [6, 6.07) is 16.1. The molecular weight excluding hydrogens is 327 g/mol. The van der Waals surface area contributed by atoms with Crippen LogP contribution in [0.1, 0.15) is 31.9 Å². The molecule has 1 heterocycles. The molecule has 0 bridgehead atoms. The Kier molecular flexibility index (Phi) is 8.35. The molecule has 0 radical (unpaired) electrons. The molecule has 4 heteroatoms. The average molecular weight is 355 g/mol. The monoisotopic (exact) mass is 354 g/mol. The maximum absolute atomic E-state index is 3.47. The van der Waals surface area contributed by atoms with E-state index in [-0.39, 0.29) is 24.8 Å². The van der Waals surface area contributed by atoms with Crippen molar-refractivity contribution in [2.75, 3.05) is 26.2 Å². The molecule has 128 valence electrons. The molecule has 1 saturated heterocycles. The molecule has 0 aliphatic carbocycles. The lowest BCUT2D eigenvalue weighted by atomic mass is 9.91.